The van der Waals surface area contributed by atoms with Crippen LogP contribution in [0.25, 0.3) is 10.2 Å². The molecule has 2 heterocycles. The third kappa shape index (κ3) is 7.37. The molecule has 1 aliphatic heterocycles. The highest BCUT2D eigenvalue weighted by atomic mass is 35.5. The van der Waals surface area contributed by atoms with Crippen molar-refractivity contribution in [2.75, 3.05) is 26.2 Å². The van der Waals surface area contributed by atoms with Crippen LogP contribution in [0.3, 0.4) is 0 Å². The summed E-state index contributed by atoms with van der Waals surface area (Å²) in [6.07, 6.45) is 2.19. The molecule has 1 unspecified atom stereocenters. The molecule has 1 aromatic heterocycles. The number of nitrogens with zero attached hydrogens (tertiary/aromatic N) is 2. The fraction of sp³-hybridized carbons (Fsp3) is 0.348. The van der Waals surface area contributed by atoms with Crippen LogP contribution in [0.1, 0.15) is 17.8 Å². The number of aliphatic carboxylic acids is 2. The number of benzene rings is 2. The smallest absolute Gasteiger partial charge is 0.414 e. The Hall–Kier alpha value is -2.76. The summed E-state index contributed by atoms with van der Waals surface area (Å²) in [6.45, 7) is 2.95. The number of nitrogens with one attached hydrogen (secondary N) is 1. The third-order valence-electron chi connectivity index (χ3n) is 5.17. The number of carboxylic acid groups (broad SMARTS) is 2. The van der Waals surface area contributed by atoms with Gasteiger partial charge in [-0.15, -0.1) is 11.3 Å². The van der Waals surface area contributed by atoms with Crippen LogP contribution in [-0.2, 0) is 16.1 Å². The molecule has 0 aliphatic carbocycles. The summed E-state index contributed by atoms with van der Waals surface area (Å²) >= 11 is 7.71. The maximum atomic E-state index is 11.3. The Morgan fingerprint density at radius 2 is 1.82 bits per heavy atom. The highest BCUT2D eigenvalue weighted by molar-refractivity contribution is 7.18. The van der Waals surface area contributed by atoms with Gasteiger partial charge < -0.3 is 25.4 Å². The van der Waals surface area contributed by atoms with Crippen LogP contribution >= 0.6 is 22.9 Å². The molecule has 1 saturated heterocycles. The number of thiazole rings is 1. The van der Waals surface area contributed by atoms with Crippen LogP contribution in [0, 0.1) is 0 Å². The lowest BCUT2D eigenvalue weighted by atomic mass is 10.2. The number of aliphatic hydroxyl groups is 1. The van der Waals surface area contributed by atoms with Gasteiger partial charge in [-0.3, -0.25) is 4.90 Å². The van der Waals surface area contributed by atoms with Crippen molar-refractivity contribution in [1.29, 1.82) is 0 Å². The average molecular weight is 508 g/mol. The minimum absolute atomic E-state index is 0.181. The summed E-state index contributed by atoms with van der Waals surface area (Å²) in [5.74, 6) is -2.98. The molecule has 0 saturated carbocycles. The zero-order chi connectivity index (χ0) is 24.6. The number of hydrogen-bond donors (Lipinski definition) is 4. The van der Waals surface area contributed by atoms with Crippen molar-refractivity contribution in [3.63, 3.8) is 0 Å². The molecule has 4 N–H and O–H groups in total. The van der Waals surface area contributed by atoms with Gasteiger partial charge in [-0.1, -0.05) is 29.8 Å². The van der Waals surface area contributed by atoms with Crippen molar-refractivity contribution < 1.29 is 29.6 Å². The molecule has 0 bridgehead atoms. The van der Waals surface area contributed by atoms with E-state index >= 15 is 0 Å². The Kier molecular flexibility index (Phi) is 9.20. The van der Waals surface area contributed by atoms with Gasteiger partial charge in [0.25, 0.3) is 0 Å². The number of aromatic nitrogens is 1. The standard InChI is InChI=1S/C21H24ClN3O2S.C2H2O4/c22-16-6-5-7-17(12-16)27-15-21(26,25-10-3-4-11-25)14-23-13-20-24-18-8-1-2-9-19(18)28-20;3-1(4)2(5)6/h1-2,5-9,12,23,26H,3-4,10-11,13-15H2;(H,3,4)(H,5,6). The number of carboxylic acids is 2. The van der Waals surface area contributed by atoms with Gasteiger partial charge in [-0.05, 0) is 43.2 Å². The number of likely N-dealkylation sites (tertiary alicyclic amines) is 1. The highest BCUT2D eigenvalue weighted by Gasteiger charge is 2.36. The number of carbonyl (C=O) groups is 2. The summed E-state index contributed by atoms with van der Waals surface area (Å²) in [6, 6.07) is 15.4. The summed E-state index contributed by atoms with van der Waals surface area (Å²) in [5, 5.41) is 31.1. The van der Waals surface area contributed by atoms with Crippen molar-refractivity contribution in [3.8, 4) is 5.75 Å². The second-order valence-corrected chi connectivity index (χ2v) is 9.26. The number of rotatable bonds is 8. The number of para-hydroxylation sites is 1. The number of hydrogen-bond acceptors (Lipinski definition) is 8. The van der Waals surface area contributed by atoms with Crippen molar-refractivity contribution in [2.45, 2.75) is 25.1 Å². The Morgan fingerprint density at radius 1 is 1.12 bits per heavy atom. The van der Waals surface area contributed by atoms with Gasteiger partial charge in [0.2, 0.25) is 0 Å². The topological polar surface area (TPSA) is 132 Å². The van der Waals surface area contributed by atoms with Gasteiger partial charge in [0, 0.05) is 31.2 Å². The maximum Gasteiger partial charge on any atom is 0.414 e. The first-order valence-corrected chi connectivity index (χ1v) is 11.8. The van der Waals surface area contributed by atoms with E-state index in [1.807, 2.05) is 30.3 Å². The van der Waals surface area contributed by atoms with Crippen molar-refractivity contribution in [1.82, 2.24) is 15.2 Å². The molecule has 9 nitrogen and oxygen atoms in total. The molecule has 0 amide bonds. The number of ether oxygens (including phenoxy) is 1. The molecule has 11 heteroatoms. The quantitative estimate of drug-likeness (QED) is 0.339. The highest BCUT2D eigenvalue weighted by Crippen LogP contribution is 2.24. The zero-order valence-corrected chi connectivity index (χ0v) is 19.9. The van der Waals surface area contributed by atoms with E-state index in [2.05, 4.69) is 21.3 Å². The normalized spacial score (nSPS) is 15.4. The molecule has 2 aromatic carbocycles. The van der Waals surface area contributed by atoms with Crippen LogP contribution in [-0.4, -0.2) is 69.1 Å². The SMILES string of the molecule is O=C(O)C(=O)O.OC(CNCc1nc2ccccc2s1)(COc1cccc(Cl)c1)N1CCCC1. The van der Waals surface area contributed by atoms with E-state index in [4.69, 9.17) is 36.1 Å². The summed E-state index contributed by atoms with van der Waals surface area (Å²) in [4.78, 5) is 24.9. The Morgan fingerprint density at radius 3 is 2.47 bits per heavy atom. The average Bonchev–Trinajstić information content (AvgIpc) is 3.48. The van der Waals surface area contributed by atoms with Crippen LogP contribution < -0.4 is 10.1 Å². The van der Waals surface area contributed by atoms with Gasteiger partial charge in [-0.2, -0.15) is 0 Å². The molecular formula is C23H26ClN3O6S. The Bertz CT molecular complexity index is 1080. The van der Waals surface area contributed by atoms with E-state index in [-0.39, 0.29) is 6.61 Å². The molecule has 0 radical (unpaired) electrons. The van der Waals surface area contributed by atoms with E-state index in [1.165, 1.54) is 4.70 Å². The van der Waals surface area contributed by atoms with Crippen LogP contribution in [0.4, 0.5) is 0 Å². The van der Waals surface area contributed by atoms with E-state index in [0.29, 0.717) is 23.9 Å². The van der Waals surface area contributed by atoms with Crippen LogP contribution in [0.15, 0.2) is 48.5 Å². The van der Waals surface area contributed by atoms with Gasteiger partial charge >= 0.3 is 11.9 Å². The molecule has 4 rings (SSSR count). The van der Waals surface area contributed by atoms with Crippen LogP contribution in [0.2, 0.25) is 5.02 Å². The van der Waals surface area contributed by atoms with Crippen LogP contribution in [0.5, 0.6) is 5.75 Å². The van der Waals surface area contributed by atoms with Gasteiger partial charge in [-0.25, -0.2) is 14.6 Å². The zero-order valence-electron chi connectivity index (χ0n) is 18.3. The molecular weight excluding hydrogens is 482 g/mol. The van der Waals surface area contributed by atoms with Gasteiger partial charge in [0.05, 0.1) is 10.2 Å². The summed E-state index contributed by atoms with van der Waals surface area (Å²) in [5.41, 5.74) is -0.0569. The largest absolute Gasteiger partial charge is 0.489 e. The van der Waals surface area contributed by atoms with Gasteiger partial charge in [0.15, 0.2) is 5.72 Å². The first-order chi connectivity index (χ1) is 16.3. The maximum absolute atomic E-state index is 11.3. The molecule has 3 aromatic rings. The molecule has 1 fully saturated rings. The lowest BCUT2D eigenvalue weighted by molar-refractivity contribution is -0.159. The fourth-order valence-corrected chi connectivity index (χ4v) is 4.63. The number of halogens is 1. The summed E-state index contributed by atoms with van der Waals surface area (Å²) in [7, 11) is 0. The van der Waals surface area contributed by atoms with Crippen molar-refractivity contribution >= 4 is 45.1 Å². The van der Waals surface area contributed by atoms with Crippen molar-refractivity contribution in [2.24, 2.45) is 0 Å². The second kappa shape index (κ2) is 12.1. The monoisotopic (exact) mass is 507 g/mol. The predicted octanol–water partition coefficient (Wildman–Crippen LogP) is 3.06. The van der Waals surface area contributed by atoms with Gasteiger partial charge in [0.1, 0.15) is 17.4 Å². The molecule has 34 heavy (non-hydrogen) atoms. The molecule has 1 atom stereocenters. The minimum atomic E-state index is -1.82. The first kappa shape index (κ1) is 25.9. The Labute approximate surface area is 205 Å². The second-order valence-electron chi connectivity index (χ2n) is 7.71. The lowest BCUT2D eigenvalue weighted by Crippen LogP contribution is -2.57. The fourth-order valence-electron chi connectivity index (χ4n) is 3.51. The van der Waals surface area contributed by atoms with E-state index < -0.39 is 17.7 Å². The lowest BCUT2D eigenvalue weighted by Gasteiger charge is -2.37. The minimum Gasteiger partial charge on any atom is -0.489 e. The molecule has 1 aliphatic rings. The summed E-state index contributed by atoms with van der Waals surface area (Å²) < 4.78 is 7.07. The predicted molar refractivity (Wildman–Crippen MR) is 129 cm³/mol. The van der Waals surface area contributed by atoms with E-state index in [0.717, 1.165) is 36.5 Å². The third-order valence-corrected chi connectivity index (χ3v) is 6.44. The first-order valence-electron chi connectivity index (χ1n) is 10.6. The Balaban J connectivity index is 0.000000481. The molecule has 182 valence electrons. The molecule has 0 spiro atoms. The van der Waals surface area contributed by atoms with E-state index in [1.54, 1.807) is 23.5 Å². The number of fused-ring (bicyclic) bond motifs is 1. The van der Waals surface area contributed by atoms with Crippen molar-refractivity contribution in [3.05, 3.63) is 58.6 Å². The van der Waals surface area contributed by atoms with E-state index in [9.17, 15) is 5.11 Å².